The van der Waals surface area contributed by atoms with Crippen LogP contribution in [0.25, 0.3) is 10.6 Å². The van der Waals surface area contributed by atoms with Crippen LogP contribution in [-0.4, -0.2) is 36.4 Å². The van der Waals surface area contributed by atoms with Crippen LogP contribution in [0.1, 0.15) is 24.5 Å². The quantitative estimate of drug-likeness (QED) is 0.499. The maximum absolute atomic E-state index is 13.5. The van der Waals surface area contributed by atoms with Crippen LogP contribution in [-0.2, 0) is 15.7 Å². The van der Waals surface area contributed by atoms with Crippen LogP contribution in [0.4, 0.5) is 13.2 Å². The summed E-state index contributed by atoms with van der Waals surface area (Å²) < 4.78 is 45.4. The smallest absolute Gasteiger partial charge is 0.385 e. The van der Waals surface area contributed by atoms with Crippen molar-refractivity contribution in [1.82, 2.24) is 10.3 Å². The number of rotatable bonds is 8. The van der Waals surface area contributed by atoms with Gasteiger partial charge in [-0.1, -0.05) is 17.8 Å². The molecule has 0 aliphatic heterocycles. The number of carbonyl (C=O) groups is 1. The summed E-state index contributed by atoms with van der Waals surface area (Å²) in [5.41, 5.74) is -1.50. The molecule has 1 unspecified atom stereocenters. The molecule has 2 rings (SSSR count). The second-order valence-corrected chi connectivity index (χ2v) is 8.00. The largest absolute Gasteiger partial charge is 0.417 e. The minimum absolute atomic E-state index is 0.111. The molecule has 0 fully saturated rings. The van der Waals surface area contributed by atoms with Gasteiger partial charge in [0.25, 0.3) is 0 Å². The number of nitriles is 1. The van der Waals surface area contributed by atoms with Crippen molar-refractivity contribution in [2.24, 2.45) is 0 Å². The van der Waals surface area contributed by atoms with E-state index in [1.54, 1.807) is 37.6 Å². The lowest BCUT2D eigenvalue weighted by molar-refractivity contribution is -0.138. The topological polar surface area (TPSA) is 75.0 Å². The first-order valence-corrected chi connectivity index (χ1v) is 10.0. The highest BCUT2D eigenvalue weighted by Crippen LogP contribution is 2.39. The van der Waals surface area contributed by atoms with E-state index < -0.39 is 22.6 Å². The molecule has 1 N–H and O–H groups in total. The summed E-state index contributed by atoms with van der Waals surface area (Å²) in [6.45, 7) is 2.43. The molecule has 1 amide bonds. The van der Waals surface area contributed by atoms with E-state index in [1.165, 1.54) is 11.3 Å². The number of hydrogen-bond acceptors (Lipinski definition) is 6. The molecular formula is C18H18F3N3O2S2. The average Bonchev–Trinajstić information content (AvgIpc) is 3.18. The molecule has 2 heterocycles. The number of amides is 1. The number of alkyl halides is 3. The SMILES string of the molecule is COCCCNC(=O)C(C)Sc1nc(-c2cccs2)cc(C(F)(F)F)c1C#N. The Kier molecular flexibility index (Phi) is 7.86. The first-order chi connectivity index (χ1) is 13.3. The Labute approximate surface area is 168 Å². The maximum Gasteiger partial charge on any atom is 0.417 e. The van der Waals surface area contributed by atoms with E-state index in [4.69, 9.17) is 4.74 Å². The van der Waals surface area contributed by atoms with Crippen LogP contribution in [0.2, 0.25) is 0 Å². The second-order valence-electron chi connectivity index (χ2n) is 5.72. The summed E-state index contributed by atoms with van der Waals surface area (Å²) in [5.74, 6) is -0.345. The molecule has 0 radical (unpaired) electrons. The number of aromatic nitrogens is 1. The van der Waals surface area contributed by atoms with Gasteiger partial charge in [0.15, 0.2) is 0 Å². The van der Waals surface area contributed by atoms with Gasteiger partial charge in [-0.15, -0.1) is 11.3 Å². The van der Waals surface area contributed by atoms with E-state index >= 15 is 0 Å². The number of nitrogens with zero attached hydrogens (tertiary/aromatic N) is 2. The van der Waals surface area contributed by atoms with Crippen molar-refractivity contribution in [3.8, 4) is 16.6 Å². The fraction of sp³-hybridized carbons (Fsp3) is 0.389. The first-order valence-electron chi connectivity index (χ1n) is 8.27. The average molecular weight is 429 g/mol. The molecule has 1 atom stereocenters. The van der Waals surface area contributed by atoms with E-state index in [1.807, 2.05) is 0 Å². The Morgan fingerprint density at radius 2 is 2.25 bits per heavy atom. The van der Waals surface area contributed by atoms with E-state index in [2.05, 4.69) is 10.3 Å². The molecule has 5 nitrogen and oxygen atoms in total. The summed E-state index contributed by atoms with van der Waals surface area (Å²) in [7, 11) is 1.55. The second kappa shape index (κ2) is 9.91. The summed E-state index contributed by atoms with van der Waals surface area (Å²) in [4.78, 5) is 17.0. The highest BCUT2D eigenvalue weighted by Gasteiger charge is 2.36. The molecular weight excluding hydrogens is 411 g/mol. The Hall–Kier alpha value is -2.09. The maximum atomic E-state index is 13.5. The highest BCUT2D eigenvalue weighted by molar-refractivity contribution is 8.00. The van der Waals surface area contributed by atoms with Crippen molar-refractivity contribution < 1.29 is 22.7 Å². The summed E-state index contributed by atoms with van der Waals surface area (Å²) in [6, 6.07) is 5.83. The first kappa shape index (κ1) is 22.2. The molecule has 10 heteroatoms. The Balaban J connectivity index is 2.33. The molecule has 0 aromatic carbocycles. The van der Waals surface area contributed by atoms with Gasteiger partial charge in [0.1, 0.15) is 11.1 Å². The third-order valence-corrected chi connectivity index (χ3v) is 5.64. The normalized spacial score (nSPS) is 12.4. The number of thioether (sulfide) groups is 1. The van der Waals surface area contributed by atoms with Crippen molar-refractivity contribution >= 4 is 29.0 Å². The monoisotopic (exact) mass is 429 g/mol. The van der Waals surface area contributed by atoms with Gasteiger partial charge in [0, 0.05) is 20.3 Å². The van der Waals surface area contributed by atoms with Crippen molar-refractivity contribution in [3.05, 3.63) is 34.7 Å². The number of pyridine rings is 1. The lowest BCUT2D eigenvalue weighted by Gasteiger charge is -2.16. The van der Waals surface area contributed by atoms with Gasteiger partial charge < -0.3 is 10.1 Å². The van der Waals surface area contributed by atoms with Gasteiger partial charge in [-0.25, -0.2) is 4.98 Å². The van der Waals surface area contributed by atoms with Crippen LogP contribution < -0.4 is 5.32 Å². The third kappa shape index (κ3) is 5.70. The Bertz CT molecular complexity index is 849. The van der Waals surface area contributed by atoms with Gasteiger partial charge >= 0.3 is 6.18 Å². The van der Waals surface area contributed by atoms with Gasteiger partial charge in [-0.2, -0.15) is 18.4 Å². The van der Waals surface area contributed by atoms with E-state index in [0.29, 0.717) is 24.4 Å². The molecule has 0 bridgehead atoms. The lowest BCUT2D eigenvalue weighted by atomic mass is 10.1. The zero-order valence-corrected chi connectivity index (χ0v) is 16.8. The van der Waals surface area contributed by atoms with Crippen LogP contribution in [0, 0.1) is 11.3 Å². The molecule has 28 heavy (non-hydrogen) atoms. The number of ether oxygens (including phenoxy) is 1. The predicted octanol–water partition coefficient (Wildman–Crippen LogP) is 4.33. The van der Waals surface area contributed by atoms with E-state index in [9.17, 15) is 23.2 Å². The summed E-state index contributed by atoms with van der Waals surface area (Å²) in [5, 5.41) is 12.9. The molecule has 0 saturated heterocycles. The number of hydrogen-bond donors (Lipinski definition) is 1. The van der Waals surface area contributed by atoms with Crippen LogP contribution >= 0.6 is 23.1 Å². The Morgan fingerprint density at radius 1 is 1.50 bits per heavy atom. The van der Waals surface area contributed by atoms with Gasteiger partial charge in [-0.3, -0.25) is 4.79 Å². The minimum Gasteiger partial charge on any atom is -0.385 e. The van der Waals surface area contributed by atoms with Gasteiger partial charge in [-0.05, 0) is 30.9 Å². The molecule has 2 aromatic rings. The van der Waals surface area contributed by atoms with Crippen molar-refractivity contribution in [1.29, 1.82) is 5.26 Å². The highest BCUT2D eigenvalue weighted by atomic mass is 32.2. The fourth-order valence-electron chi connectivity index (χ4n) is 2.28. The molecule has 2 aromatic heterocycles. The molecule has 0 aliphatic carbocycles. The van der Waals surface area contributed by atoms with Crippen LogP contribution in [0.5, 0.6) is 0 Å². The third-order valence-electron chi connectivity index (χ3n) is 3.66. The van der Waals surface area contributed by atoms with Gasteiger partial charge in [0.05, 0.1) is 26.9 Å². The van der Waals surface area contributed by atoms with Crippen LogP contribution in [0.3, 0.4) is 0 Å². The zero-order valence-electron chi connectivity index (χ0n) is 15.2. The zero-order chi connectivity index (χ0) is 20.7. The summed E-state index contributed by atoms with van der Waals surface area (Å²) >= 11 is 2.08. The predicted molar refractivity (Wildman–Crippen MR) is 102 cm³/mol. The van der Waals surface area contributed by atoms with Crippen LogP contribution in [0.15, 0.2) is 28.6 Å². The van der Waals surface area contributed by atoms with Crippen molar-refractivity contribution in [3.63, 3.8) is 0 Å². The van der Waals surface area contributed by atoms with Crippen molar-refractivity contribution in [2.45, 2.75) is 29.8 Å². The summed E-state index contributed by atoms with van der Waals surface area (Å²) in [6.07, 6.45) is -4.09. The molecule has 150 valence electrons. The molecule has 0 spiro atoms. The minimum atomic E-state index is -4.71. The number of thiophene rings is 1. The van der Waals surface area contributed by atoms with Crippen molar-refractivity contribution in [2.75, 3.05) is 20.3 Å². The standard InChI is InChI=1S/C18H18F3N3O2S2/c1-11(16(25)23-6-4-7-26-2)28-17-12(10-22)13(18(19,20)21)9-14(24-17)15-5-3-8-27-15/h3,5,8-9,11H,4,6-7H2,1-2H3,(H,23,25). The fourth-order valence-corrected chi connectivity index (χ4v) is 3.92. The van der Waals surface area contributed by atoms with E-state index in [-0.39, 0.29) is 16.6 Å². The number of methoxy groups -OCH3 is 1. The Morgan fingerprint density at radius 3 is 2.82 bits per heavy atom. The number of carbonyl (C=O) groups excluding carboxylic acids is 1. The number of halogens is 3. The van der Waals surface area contributed by atoms with Gasteiger partial charge in [0.2, 0.25) is 5.91 Å². The number of nitrogens with one attached hydrogen (secondary N) is 1. The molecule has 0 saturated carbocycles. The van der Waals surface area contributed by atoms with E-state index in [0.717, 1.165) is 17.8 Å². The lowest BCUT2D eigenvalue weighted by Crippen LogP contribution is -2.32. The molecule has 0 aliphatic rings.